The lowest BCUT2D eigenvalue weighted by atomic mass is 10.00. The van der Waals surface area contributed by atoms with E-state index in [4.69, 9.17) is 9.84 Å². The SMILES string of the molecule is COc1cncc(-c2ccc(CO)c(C(F)(F)F)c2)c1. The van der Waals surface area contributed by atoms with Gasteiger partial charge in [0, 0.05) is 11.8 Å². The van der Waals surface area contributed by atoms with Crippen LogP contribution in [0.3, 0.4) is 0 Å². The first-order chi connectivity index (χ1) is 9.45. The van der Waals surface area contributed by atoms with E-state index in [2.05, 4.69) is 4.98 Å². The zero-order valence-corrected chi connectivity index (χ0v) is 10.6. The largest absolute Gasteiger partial charge is 0.495 e. The molecular weight excluding hydrogens is 271 g/mol. The molecule has 0 aliphatic rings. The van der Waals surface area contributed by atoms with Crippen molar-refractivity contribution >= 4 is 0 Å². The molecule has 0 aliphatic heterocycles. The summed E-state index contributed by atoms with van der Waals surface area (Å²) in [6.07, 6.45) is -1.59. The first kappa shape index (κ1) is 14.3. The number of aliphatic hydroxyl groups excluding tert-OH is 1. The van der Waals surface area contributed by atoms with Gasteiger partial charge in [-0.05, 0) is 23.3 Å². The molecule has 0 spiro atoms. The van der Waals surface area contributed by atoms with Crippen LogP contribution in [0.1, 0.15) is 11.1 Å². The van der Waals surface area contributed by atoms with Crippen LogP contribution in [0.4, 0.5) is 13.2 Å². The van der Waals surface area contributed by atoms with Crippen LogP contribution in [0, 0.1) is 0 Å². The Hall–Kier alpha value is -2.08. The fourth-order valence-electron chi connectivity index (χ4n) is 1.85. The van der Waals surface area contributed by atoms with Crippen LogP contribution in [0.25, 0.3) is 11.1 Å². The summed E-state index contributed by atoms with van der Waals surface area (Å²) in [6.45, 7) is -0.661. The highest BCUT2D eigenvalue weighted by molar-refractivity contribution is 5.65. The van der Waals surface area contributed by atoms with Gasteiger partial charge in [0.05, 0.1) is 25.5 Å². The summed E-state index contributed by atoms with van der Waals surface area (Å²) in [5.74, 6) is 0.460. The number of nitrogens with zero attached hydrogens (tertiary/aromatic N) is 1. The number of methoxy groups -OCH3 is 1. The van der Waals surface area contributed by atoms with Crippen molar-refractivity contribution in [3.05, 3.63) is 47.8 Å². The van der Waals surface area contributed by atoms with E-state index in [-0.39, 0.29) is 5.56 Å². The lowest BCUT2D eigenvalue weighted by molar-refractivity contribution is -0.138. The van der Waals surface area contributed by atoms with Crippen molar-refractivity contribution in [1.29, 1.82) is 0 Å². The molecular formula is C14H12F3NO2. The number of benzene rings is 1. The Balaban J connectivity index is 2.53. The van der Waals surface area contributed by atoms with Crippen LogP contribution in [0.2, 0.25) is 0 Å². The first-order valence-electron chi connectivity index (χ1n) is 5.76. The van der Waals surface area contributed by atoms with Crippen LogP contribution >= 0.6 is 0 Å². The Labute approximate surface area is 113 Å². The molecule has 1 heterocycles. The molecule has 0 unspecified atom stereocenters. The topological polar surface area (TPSA) is 42.4 Å². The van der Waals surface area contributed by atoms with E-state index >= 15 is 0 Å². The lowest BCUT2D eigenvalue weighted by Gasteiger charge is -2.13. The van der Waals surface area contributed by atoms with Gasteiger partial charge in [0.1, 0.15) is 5.75 Å². The van der Waals surface area contributed by atoms with Gasteiger partial charge in [-0.25, -0.2) is 0 Å². The van der Waals surface area contributed by atoms with Gasteiger partial charge in [-0.15, -0.1) is 0 Å². The fourth-order valence-corrected chi connectivity index (χ4v) is 1.85. The molecule has 2 aromatic rings. The maximum Gasteiger partial charge on any atom is 0.416 e. The number of pyridine rings is 1. The quantitative estimate of drug-likeness (QED) is 0.940. The van der Waals surface area contributed by atoms with Gasteiger partial charge >= 0.3 is 6.18 Å². The standard InChI is InChI=1S/C14H12F3NO2/c1-20-12-4-11(6-18-7-12)9-2-3-10(8-19)13(5-9)14(15,16)17/h2-7,19H,8H2,1H3. The van der Waals surface area contributed by atoms with Crippen LogP contribution in [-0.2, 0) is 12.8 Å². The normalized spacial score (nSPS) is 11.4. The Kier molecular flexibility index (Phi) is 3.94. The highest BCUT2D eigenvalue weighted by Crippen LogP contribution is 2.35. The molecule has 2 rings (SSSR count). The van der Waals surface area contributed by atoms with Gasteiger partial charge in [0.15, 0.2) is 0 Å². The maximum absolute atomic E-state index is 12.9. The molecule has 1 aromatic heterocycles. The third kappa shape index (κ3) is 2.91. The highest BCUT2D eigenvalue weighted by Gasteiger charge is 2.33. The molecule has 0 radical (unpaired) electrons. The van der Waals surface area contributed by atoms with Gasteiger partial charge in [-0.2, -0.15) is 13.2 Å². The number of halogens is 3. The molecule has 3 nitrogen and oxygen atoms in total. The van der Waals surface area contributed by atoms with Crippen molar-refractivity contribution in [2.75, 3.05) is 7.11 Å². The average Bonchev–Trinajstić information content (AvgIpc) is 2.45. The Bertz CT molecular complexity index is 612. The number of rotatable bonds is 3. The number of ether oxygens (including phenoxy) is 1. The third-order valence-electron chi connectivity index (χ3n) is 2.87. The van der Waals surface area contributed by atoms with E-state index in [1.54, 1.807) is 6.07 Å². The summed E-state index contributed by atoms with van der Waals surface area (Å²) < 4.78 is 43.8. The minimum Gasteiger partial charge on any atom is -0.495 e. The molecule has 106 valence electrons. The van der Waals surface area contributed by atoms with Crippen molar-refractivity contribution in [2.45, 2.75) is 12.8 Å². The second-order valence-electron chi connectivity index (χ2n) is 4.14. The lowest BCUT2D eigenvalue weighted by Crippen LogP contribution is -2.09. The molecule has 0 saturated heterocycles. The number of alkyl halides is 3. The second-order valence-corrected chi connectivity index (χ2v) is 4.14. The summed E-state index contributed by atoms with van der Waals surface area (Å²) in [4.78, 5) is 3.91. The molecule has 1 N–H and O–H groups in total. The van der Waals surface area contributed by atoms with E-state index in [9.17, 15) is 13.2 Å². The Morgan fingerprint density at radius 3 is 2.50 bits per heavy atom. The Morgan fingerprint density at radius 1 is 1.15 bits per heavy atom. The van der Waals surface area contributed by atoms with Crippen LogP contribution in [-0.4, -0.2) is 17.2 Å². The van der Waals surface area contributed by atoms with Crippen molar-refractivity contribution in [2.24, 2.45) is 0 Å². The molecule has 0 bridgehead atoms. The van der Waals surface area contributed by atoms with Crippen molar-refractivity contribution < 1.29 is 23.0 Å². The molecule has 0 fully saturated rings. The zero-order chi connectivity index (χ0) is 14.8. The smallest absolute Gasteiger partial charge is 0.416 e. The minimum atomic E-state index is -4.51. The molecule has 0 amide bonds. The predicted molar refractivity (Wildman–Crippen MR) is 67.1 cm³/mol. The molecule has 0 saturated carbocycles. The van der Waals surface area contributed by atoms with Gasteiger partial charge in [-0.3, -0.25) is 4.98 Å². The first-order valence-corrected chi connectivity index (χ1v) is 5.76. The van der Waals surface area contributed by atoms with Crippen LogP contribution < -0.4 is 4.74 Å². The van der Waals surface area contributed by atoms with Crippen molar-refractivity contribution in [3.63, 3.8) is 0 Å². The number of hydrogen-bond donors (Lipinski definition) is 1. The summed E-state index contributed by atoms with van der Waals surface area (Å²) >= 11 is 0. The van der Waals surface area contributed by atoms with Gasteiger partial charge < -0.3 is 9.84 Å². The van der Waals surface area contributed by atoms with Crippen LogP contribution in [0.5, 0.6) is 5.75 Å². The van der Waals surface area contributed by atoms with Gasteiger partial charge in [-0.1, -0.05) is 12.1 Å². The summed E-state index contributed by atoms with van der Waals surface area (Å²) in [6, 6.07) is 5.37. The van der Waals surface area contributed by atoms with Gasteiger partial charge in [0.25, 0.3) is 0 Å². The van der Waals surface area contributed by atoms with Crippen LogP contribution in [0.15, 0.2) is 36.7 Å². The fraction of sp³-hybridized carbons (Fsp3) is 0.214. The third-order valence-corrected chi connectivity index (χ3v) is 2.87. The zero-order valence-electron chi connectivity index (χ0n) is 10.6. The number of aliphatic hydroxyl groups is 1. The van der Waals surface area contributed by atoms with E-state index in [1.165, 1.54) is 31.6 Å². The number of aromatic nitrogens is 1. The second kappa shape index (κ2) is 5.50. The molecule has 6 heteroatoms. The van der Waals surface area contributed by atoms with E-state index < -0.39 is 18.3 Å². The van der Waals surface area contributed by atoms with E-state index in [1.807, 2.05) is 0 Å². The Morgan fingerprint density at radius 2 is 1.90 bits per heavy atom. The van der Waals surface area contributed by atoms with Crippen molar-refractivity contribution in [3.8, 4) is 16.9 Å². The predicted octanol–water partition coefficient (Wildman–Crippen LogP) is 3.27. The maximum atomic E-state index is 12.9. The monoisotopic (exact) mass is 283 g/mol. The molecule has 1 aromatic carbocycles. The highest BCUT2D eigenvalue weighted by atomic mass is 19.4. The minimum absolute atomic E-state index is 0.155. The van der Waals surface area contributed by atoms with E-state index in [0.29, 0.717) is 16.9 Å². The number of hydrogen-bond acceptors (Lipinski definition) is 3. The molecule has 20 heavy (non-hydrogen) atoms. The summed E-state index contributed by atoms with van der Waals surface area (Å²) in [7, 11) is 1.46. The van der Waals surface area contributed by atoms with Gasteiger partial charge in [0.2, 0.25) is 0 Å². The average molecular weight is 283 g/mol. The molecule has 0 aliphatic carbocycles. The summed E-state index contributed by atoms with van der Waals surface area (Å²) in [5.41, 5.74) is -0.127. The molecule has 0 atom stereocenters. The van der Waals surface area contributed by atoms with E-state index in [0.717, 1.165) is 6.07 Å². The summed E-state index contributed by atoms with van der Waals surface area (Å²) in [5, 5.41) is 8.99. The van der Waals surface area contributed by atoms with Crippen molar-refractivity contribution in [1.82, 2.24) is 4.98 Å².